The molecule has 0 aliphatic carbocycles. The second-order valence-corrected chi connectivity index (χ2v) is 15.9. The van der Waals surface area contributed by atoms with E-state index >= 15 is 0 Å². The van der Waals surface area contributed by atoms with Crippen molar-refractivity contribution >= 4 is 45.9 Å². The van der Waals surface area contributed by atoms with Gasteiger partial charge >= 0.3 is 0 Å². The average molecular weight is 737 g/mol. The summed E-state index contributed by atoms with van der Waals surface area (Å²) in [6.07, 6.45) is 3.49. The number of rotatable bonds is 11. The first-order valence-electron chi connectivity index (χ1n) is 19.3. The Kier molecular flexibility index (Phi) is 10.8. The molecule has 5 aromatic rings. The van der Waals surface area contributed by atoms with Gasteiger partial charge in [0.05, 0.1) is 30.1 Å². The summed E-state index contributed by atoms with van der Waals surface area (Å²) in [5.41, 5.74) is 5.32. The number of carbonyl (C=O) groups excluding carboxylic acids is 5. The van der Waals surface area contributed by atoms with E-state index in [9.17, 15) is 24.0 Å². The fourth-order valence-electron chi connectivity index (χ4n) is 7.92. The Bertz CT molecular complexity index is 2220. The van der Waals surface area contributed by atoms with Gasteiger partial charge in [0.25, 0.3) is 0 Å². The topological polar surface area (TPSA) is 120 Å². The SMILES string of the molecule is CC(C)(C)C(=O)c1c(-c2ccc(NC(=O)[C@@H]3CCCN3C(=O)Cc3ccccc3)cc2)[nH]c2ccc(CC(=O)[C@@H]3CCCN3C(=O)Cc3ccccc3)cc12. The monoisotopic (exact) mass is 736 g/mol. The van der Waals surface area contributed by atoms with Gasteiger partial charge in [-0.15, -0.1) is 0 Å². The van der Waals surface area contributed by atoms with Gasteiger partial charge in [-0.2, -0.15) is 0 Å². The standard InChI is InChI=1S/C46H48N4O5/c1-46(2,3)44(54)42-35-26-32(27-39(51)37-16-10-24-49(37)40(52)28-30-12-6-4-7-13-30)18-23-36(35)48-43(42)33-19-21-34(22-20-33)47-45(55)38-17-11-25-50(38)41(53)29-31-14-8-5-9-15-31/h4-9,12-15,18-23,26,37-38,48H,10-11,16-17,24-25,27-29H2,1-3H3,(H,47,55)/t37-,38-/m0/s1. The van der Waals surface area contributed by atoms with Gasteiger partial charge in [-0.05, 0) is 72.2 Å². The molecule has 0 radical (unpaired) electrons. The first-order chi connectivity index (χ1) is 26.5. The summed E-state index contributed by atoms with van der Waals surface area (Å²) < 4.78 is 0. The van der Waals surface area contributed by atoms with Crippen molar-refractivity contribution in [2.24, 2.45) is 5.41 Å². The summed E-state index contributed by atoms with van der Waals surface area (Å²) in [5, 5.41) is 3.74. The van der Waals surface area contributed by atoms with E-state index in [2.05, 4.69) is 10.3 Å². The molecule has 2 atom stereocenters. The van der Waals surface area contributed by atoms with Crippen LogP contribution in [0.1, 0.15) is 73.5 Å². The van der Waals surface area contributed by atoms with Gasteiger partial charge in [0.1, 0.15) is 6.04 Å². The minimum absolute atomic E-state index is 0.00311. The van der Waals surface area contributed by atoms with Crippen LogP contribution in [0.15, 0.2) is 103 Å². The second kappa shape index (κ2) is 15.9. The third kappa shape index (κ3) is 8.31. The molecule has 0 bridgehead atoms. The number of likely N-dealkylation sites (tertiary alicyclic amines) is 2. The number of hydrogen-bond acceptors (Lipinski definition) is 5. The largest absolute Gasteiger partial charge is 0.354 e. The van der Waals surface area contributed by atoms with Gasteiger partial charge in [0, 0.05) is 41.5 Å². The third-order valence-electron chi connectivity index (χ3n) is 10.8. The molecular formula is C46H48N4O5. The summed E-state index contributed by atoms with van der Waals surface area (Å²) in [6.45, 7) is 6.80. The van der Waals surface area contributed by atoms with Crippen molar-refractivity contribution in [2.75, 3.05) is 18.4 Å². The van der Waals surface area contributed by atoms with Crippen LogP contribution >= 0.6 is 0 Å². The van der Waals surface area contributed by atoms with Crippen LogP contribution in [0.4, 0.5) is 5.69 Å². The molecule has 4 aromatic carbocycles. The summed E-state index contributed by atoms with van der Waals surface area (Å²) in [4.78, 5) is 74.5. The summed E-state index contributed by atoms with van der Waals surface area (Å²) >= 11 is 0. The van der Waals surface area contributed by atoms with E-state index in [-0.39, 0.29) is 48.6 Å². The highest BCUT2D eigenvalue weighted by Gasteiger charge is 2.35. The number of amides is 3. The highest BCUT2D eigenvalue weighted by molar-refractivity contribution is 6.15. The molecule has 7 rings (SSSR count). The number of anilines is 1. The van der Waals surface area contributed by atoms with Crippen LogP contribution in [0.25, 0.3) is 22.2 Å². The van der Waals surface area contributed by atoms with E-state index in [0.717, 1.165) is 46.0 Å². The molecule has 0 saturated carbocycles. The number of nitrogens with one attached hydrogen (secondary N) is 2. The van der Waals surface area contributed by atoms with Gasteiger partial charge in [-0.25, -0.2) is 0 Å². The predicted octanol–water partition coefficient (Wildman–Crippen LogP) is 7.58. The highest BCUT2D eigenvalue weighted by atomic mass is 16.2. The maximum Gasteiger partial charge on any atom is 0.247 e. The fraction of sp³-hybridized carbons (Fsp3) is 0.326. The minimum Gasteiger partial charge on any atom is -0.354 e. The molecule has 1 aromatic heterocycles. The van der Waals surface area contributed by atoms with Crippen molar-refractivity contribution in [1.29, 1.82) is 0 Å². The van der Waals surface area contributed by atoms with Crippen molar-refractivity contribution in [3.63, 3.8) is 0 Å². The second-order valence-electron chi connectivity index (χ2n) is 15.9. The molecule has 9 nitrogen and oxygen atoms in total. The third-order valence-corrected chi connectivity index (χ3v) is 10.8. The van der Waals surface area contributed by atoms with Gasteiger partial charge in [0.15, 0.2) is 11.6 Å². The van der Waals surface area contributed by atoms with E-state index < -0.39 is 17.5 Å². The van der Waals surface area contributed by atoms with Gasteiger partial charge in [-0.3, -0.25) is 24.0 Å². The van der Waals surface area contributed by atoms with E-state index in [1.54, 1.807) is 9.80 Å². The predicted molar refractivity (Wildman–Crippen MR) is 215 cm³/mol. The molecule has 2 aliphatic rings. The van der Waals surface area contributed by atoms with Crippen LogP contribution in [0.2, 0.25) is 0 Å². The lowest BCUT2D eigenvalue weighted by atomic mass is 9.84. The number of Topliss-reactive ketones (excluding diaryl/α,β-unsaturated/α-hetero) is 2. The van der Waals surface area contributed by atoms with Crippen LogP contribution in [-0.2, 0) is 38.4 Å². The van der Waals surface area contributed by atoms with Gasteiger partial charge < -0.3 is 20.1 Å². The molecule has 55 heavy (non-hydrogen) atoms. The molecule has 2 fully saturated rings. The zero-order valence-corrected chi connectivity index (χ0v) is 31.8. The Morgan fingerprint density at radius 1 is 0.673 bits per heavy atom. The molecule has 3 amide bonds. The molecule has 0 spiro atoms. The highest BCUT2D eigenvalue weighted by Crippen LogP contribution is 2.36. The number of H-pyrrole nitrogens is 1. The zero-order chi connectivity index (χ0) is 38.7. The zero-order valence-electron chi connectivity index (χ0n) is 31.8. The van der Waals surface area contributed by atoms with E-state index in [1.165, 1.54) is 0 Å². The first kappa shape index (κ1) is 37.5. The number of fused-ring (bicyclic) bond motifs is 1. The summed E-state index contributed by atoms with van der Waals surface area (Å²) in [6, 6.07) is 31.3. The number of ketones is 2. The number of carbonyl (C=O) groups is 5. The van der Waals surface area contributed by atoms with Crippen molar-refractivity contribution in [1.82, 2.24) is 14.8 Å². The summed E-state index contributed by atoms with van der Waals surface area (Å²) in [5.74, 6) is -0.354. The summed E-state index contributed by atoms with van der Waals surface area (Å²) in [7, 11) is 0. The quantitative estimate of drug-likeness (QED) is 0.136. The molecule has 9 heteroatoms. The van der Waals surface area contributed by atoms with Crippen molar-refractivity contribution < 1.29 is 24.0 Å². The Hall–Kier alpha value is -5.83. The average Bonchev–Trinajstić information content (AvgIpc) is 3.95. The number of aromatic amines is 1. The first-order valence-corrected chi connectivity index (χ1v) is 19.3. The Balaban J connectivity index is 1.08. The van der Waals surface area contributed by atoms with E-state index in [4.69, 9.17) is 0 Å². The van der Waals surface area contributed by atoms with E-state index in [1.807, 2.05) is 124 Å². The van der Waals surface area contributed by atoms with Crippen molar-refractivity contribution in [3.05, 3.63) is 125 Å². The minimum atomic E-state index is -0.682. The van der Waals surface area contributed by atoms with Crippen molar-refractivity contribution in [3.8, 4) is 11.3 Å². The smallest absolute Gasteiger partial charge is 0.247 e. The maximum absolute atomic E-state index is 14.1. The number of hydrogen-bond donors (Lipinski definition) is 2. The molecule has 282 valence electrons. The lowest BCUT2D eigenvalue weighted by Crippen LogP contribution is -2.43. The Morgan fingerprint density at radius 2 is 1.24 bits per heavy atom. The lowest BCUT2D eigenvalue weighted by Gasteiger charge is -2.24. The normalized spacial score (nSPS) is 17.1. The number of nitrogens with zero attached hydrogens (tertiary/aromatic N) is 2. The van der Waals surface area contributed by atoms with Crippen LogP contribution in [0.3, 0.4) is 0 Å². The molecule has 2 N–H and O–H groups in total. The maximum atomic E-state index is 14.1. The lowest BCUT2D eigenvalue weighted by molar-refractivity contribution is -0.136. The molecule has 0 unspecified atom stereocenters. The molecular weight excluding hydrogens is 689 g/mol. The number of aromatic nitrogens is 1. The molecule has 3 heterocycles. The van der Waals surface area contributed by atoms with E-state index in [0.29, 0.717) is 42.9 Å². The molecule has 2 saturated heterocycles. The van der Waals surface area contributed by atoms with Gasteiger partial charge in [0.2, 0.25) is 17.7 Å². The van der Waals surface area contributed by atoms with Crippen LogP contribution < -0.4 is 5.32 Å². The van der Waals surface area contributed by atoms with Crippen LogP contribution in [0, 0.1) is 5.41 Å². The van der Waals surface area contributed by atoms with Gasteiger partial charge in [-0.1, -0.05) is 99.6 Å². The van der Waals surface area contributed by atoms with Crippen LogP contribution in [-0.4, -0.2) is 69.2 Å². The van der Waals surface area contributed by atoms with Crippen LogP contribution in [0.5, 0.6) is 0 Å². The Labute approximate surface area is 322 Å². The Morgan fingerprint density at radius 3 is 1.82 bits per heavy atom. The van der Waals surface area contributed by atoms with Crippen molar-refractivity contribution in [2.45, 2.75) is 77.8 Å². The number of benzene rings is 4. The fourth-order valence-corrected chi connectivity index (χ4v) is 7.92. The molecule has 2 aliphatic heterocycles.